The SMILES string of the molecule is CC(NCC(O)CC1CCCC1)C(=O)NC(C)(C)C. The van der Waals surface area contributed by atoms with Gasteiger partial charge < -0.3 is 15.7 Å². The molecule has 0 bridgehead atoms. The molecule has 1 rings (SSSR count). The van der Waals surface area contributed by atoms with Gasteiger partial charge in [-0.2, -0.15) is 0 Å². The number of hydrogen-bond acceptors (Lipinski definition) is 3. The Labute approximate surface area is 117 Å². The lowest BCUT2D eigenvalue weighted by Crippen LogP contribution is -2.50. The van der Waals surface area contributed by atoms with Crippen LogP contribution in [0, 0.1) is 5.92 Å². The first-order valence-electron chi connectivity index (χ1n) is 7.51. The minimum Gasteiger partial charge on any atom is -0.392 e. The average molecular weight is 270 g/mol. The molecule has 0 radical (unpaired) electrons. The maximum absolute atomic E-state index is 11.9. The van der Waals surface area contributed by atoms with Crippen LogP contribution in [0.25, 0.3) is 0 Å². The second-order valence-electron chi connectivity index (χ2n) is 6.91. The predicted octanol–water partition coefficient (Wildman–Crippen LogP) is 1.82. The van der Waals surface area contributed by atoms with Gasteiger partial charge in [-0.05, 0) is 40.0 Å². The third-order valence-corrected chi connectivity index (χ3v) is 3.63. The Kier molecular flexibility index (Phi) is 6.27. The molecule has 0 saturated heterocycles. The van der Waals surface area contributed by atoms with Crippen LogP contribution < -0.4 is 10.6 Å². The van der Waals surface area contributed by atoms with Crippen LogP contribution in [-0.2, 0) is 4.79 Å². The molecular weight excluding hydrogens is 240 g/mol. The Balaban J connectivity index is 2.21. The molecule has 3 N–H and O–H groups in total. The fraction of sp³-hybridized carbons (Fsp3) is 0.933. The van der Waals surface area contributed by atoms with Gasteiger partial charge in [-0.3, -0.25) is 4.79 Å². The zero-order valence-corrected chi connectivity index (χ0v) is 12.8. The number of nitrogens with one attached hydrogen (secondary N) is 2. The quantitative estimate of drug-likeness (QED) is 0.690. The molecule has 2 unspecified atom stereocenters. The van der Waals surface area contributed by atoms with Crippen LogP contribution in [0.2, 0.25) is 0 Å². The molecule has 19 heavy (non-hydrogen) atoms. The van der Waals surface area contributed by atoms with E-state index in [1.54, 1.807) is 0 Å². The summed E-state index contributed by atoms with van der Waals surface area (Å²) < 4.78 is 0. The summed E-state index contributed by atoms with van der Waals surface area (Å²) >= 11 is 0. The van der Waals surface area contributed by atoms with Crippen molar-refractivity contribution >= 4 is 5.91 Å². The molecule has 1 fully saturated rings. The van der Waals surface area contributed by atoms with Gasteiger partial charge in [0, 0.05) is 12.1 Å². The minimum atomic E-state index is -0.340. The van der Waals surface area contributed by atoms with E-state index in [1.165, 1.54) is 25.7 Å². The molecule has 0 aliphatic heterocycles. The largest absolute Gasteiger partial charge is 0.392 e. The molecule has 0 aromatic carbocycles. The standard InChI is InChI=1S/C15H30N2O2/c1-11(14(19)17-15(2,3)4)16-10-13(18)9-12-7-5-6-8-12/h11-13,16,18H,5-10H2,1-4H3,(H,17,19). The Morgan fingerprint density at radius 3 is 2.42 bits per heavy atom. The summed E-state index contributed by atoms with van der Waals surface area (Å²) in [4.78, 5) is 11.9. The smallest absolute Gasteiger partial charge is 0.237 e. The molecule has 2 atom stereocenters. The van der Waals surface area contributed by atoms with Gasteiger partial charge in [0.2, 0.25) is 5.91 Å². The first-order chi connectivity index (χ1) is 8.78. The van der Waals surface area contributed by atoms with Crippen LogP contribution in [0.3, 0.4) is 0 Å². The molecule has 0 heterocycles. The van der Waals surface area contributed by atoms with Gasteiger partial charge in [0.05, 0.1) is 12.1 Å². The van der Waals surface area contributed by atoms with Gasteiger partial charge in [0.1, 0.15) is 0 Å². The van der Waals surface area contributed by atoms with E-state index >= 15 is 0 Å². The number of rotatable bonds is 6. The van der Waals surface area contributed by atoms with Crippen molar-refractivity contribution < 1.29 is 9.90 Å². The van der Waals surface area contributed by atoms with Crippen molar-refractivity contribution in [2.75, 3.05) is 6.54 Å². The summed E-state index contributed by atoms with van der Waals surface area (Å²) in [7, 11) is 0. The molecular formula is C15H30N2O2. The monoisotopic (exact) mass is 270 g/mol. The topological polar surface area (TPSA) is 61.4 Å². The van der Waals surface area contributed by atoms with E-state index in [0.717, 1.165) is 6.42 Å². The van der Waals surface area contributed by atoms with E-state index in [0.29, 0.717) is 12.5 Å². The highest BCUT2D eigenvalue weighted by molar-refractivity contribution is 5.81. The van der Waals surface area contributed by atoms with Gasteiger partial charge in [0.15, 0.2) is 0 Å². The summed E-state index contributed by atoms with van der Waals surface area (Å²) in [5.74, 6) is 0.663. The van der Waals surface area contributed by atoms with Crippen LogP contribution in [0.5, 0.6) is 0 Å². The predicted molar refractivity (Wildman–Crippen MR) is 77.9 cm³/mol. The molecule has 1 aliphatic rings. The zero-order valence-electron chi connectivity index (χ0n) is 12.8. The van der Waals surface area contributed by atoms with E-state index < -0.39 is 0 Å². The molecule has 4 nitrogen and oxygen atoms in total. The molecule has 4 heteroatoms. The Bertz CT molecular complexity index is 280. The first kappa shape index (κ1) is 16.4. The highest BCUT2D eigenvalue weighted by atomic mass is 16.3. The van der Waals surface area contributed by atoms with Crippen LogP contribution in [0.4, 0.5) is 0 Å². The maximum Gasteiger partial charge on any atom is 0.237 e. The summed E-state index contributed by atoms with van der Waals surface area (Å²) in [6, 6.07) is -0.266. The maximum atomic E-state index is 11.9. The number of hydrogen-bond donors (Lipinski definition) is 3. The van der Waals surface area contributed by atoms with E-state index in [1.807, 2.05) is 27.7 Å². The van der Waals surface area contributed by atoms with Crippen molar-refractivity contribution in [2.45, 2.75) is 77.5 Å². The number of carbonyl (C=O) groups excluding carboxylic acids is 1. The second kappa shape index (κ2) is 7.25. The van der Waals surface area contributed by atoms with Crippen LogP contribution in [0.1, 0.15) is 59.8 Å². The molecule has 1 saturated carbocycles. The fourth-order valence-corrected chi connectivity index (χ4v) is 2.60. The van der Waals surface area contributed by atoms with Crippen LogP contribution in [-0.4, -0.2) is 35.2 Å². The lowest BCUT2D eigenvalue weighted by atomic mass is 10.00. The van der Waals surface area contributed by atoms with Gasteiger partial charge >= 0.3 is 0 Å². The van der Waals surface area contributed by atoms with Crippen molar-refractivity contribution in [3.05, 3.63) is 0 Å². The summed E-state index contributed by atoms with van der Waals surface area (Å²) in [6.07, 6.45) is 5.62. The van der Waals surface area contributed by atoms with Crippen LogP contribution in [0.15, 0.2) is 0 Å². The van der Waals surface area contributed by atoms with Crippen molar-refractivity contribution in [1.29, 1.82) is 0 Å². The molecule has 0 spiro atoms. The molecule has 1 aliphatic carbocycles. The minimum absolute atomic E-state index is 0.0134. The van der Waals surface area contributed by atoms with Crippen LogP contribution >= 0.6 is 0 Å². The van der Waals surface area contributed by atoms with Gasteiger partial charge in [-0.15, -0.1) is 0 Å². The Morgan fingerprint density at radius 2 is 1.89 bits per heavy atom. The molecule has 112 valence electrons. The summed E-state index contributed by atoms with van der Waals surface area (Å²) in [6.45, 7) is 8.23. The normalized spacial score (nSPS) is 20.3. The molecule has 0 aromatic rings. The van der Waals surface area contributed by atoms with E-state index in [4.69, 9.17) is 0 Å². The third-order valence-electron chi connectivity index (χ3n) is 3.63. The summed E-state index contributed by atoms with van der Waals surface area (Å²) in [5.41, 5.74) is -0.213. The van der Waals surface area contributed by atoms with Gasteiger partial charge in [0.25, 0.3) is 0 Å². The highest BCUT2D eigenvalue weighted by Gasteiger charge is 2.21. The van der Waals surface area contributed by atoms with E-state index in [-0.39, 0.29) is 23.6 Å². The fourth-order valence-electron chi connectivity index (χ4n) is 2.60. The summed E-state index contributed by atoms with van der Waals surface area (Å²) in [5, 5.41) is 16.0. The highest BCUT2D eigenvalue weighted by Crippen LogP contribution is 2.28. The second-order valence-corrected chi connectivity index (χ2v) is 6.91. The Hall–Kier alpha value is -0.610. The number of amides is 1. The van der Waals surface area contributed by atoms with Crippen molar-refractivity contribution in [3.8, 4) is 0 Å². The van der Waals surface area contributed by atoms with E-state index in [2.05, 4.69) is 10.6 Å². The van der Waals surface area contributed by atoms with Gasteiger partial charge in [-0.25, -0.2) is 0 Å². The number of aliphatic hydroxyl groups excluding tert-OH is 1. The Morgan fingerprint density at radius 1 is 1.32 bits per heavy atom. The van der Waals surface area contributed by atoms with E-state index in [9.17, 15) is 9.90 Å². The average Bonchev–Trinajstić information content (AvgIpc) is 2.76. The molecule has 1 amide bonds. The van der Waals surface area contributed by atoms with Gasteiger partial charge in [-0.1, -0.05) is 25.7 Å². The lowest BCUT2D eigenvalue weighted by molar-refractivity contribution is -0.124. The number of carbonyl (C=O) groups is 1. The lowest BCUT2D eigenvalue weighted by Gasteiger charge is -2.24. The zero-order chi connectivity index (χ0) is 14.5. The van der Waals surface area contributed by atoms with Crippen molar-refractivity contribution in [2.24, 2.45) is 5.92 Å². The molecule has 0 aromatic heterocycles. The number of aliphatic hydroxyl groups is 1. The van der Waals surface area contributed by atoms with Crippen molar-refractivity contribution in [1.82, 2.24) is 10.6 Å². The first-order valence-corrected chi connectivity index (χ1v) is 7.51. The third kappa shape index (κ3) is 6.92. The van der Waals surface area contributed by atoms with Crippen molar-refractivity contribution in [3.63, 3.8) is 0 Å².